The molecule has 3 fully saturated rings. The Labute approximate surface area is 187 Å². The normalized spacial score (nSPS) is 42.7. The van der Waals surface area contributed by atoms with Crippen molar-refractivity contribution >= 4 is 17.2 Å². The molecule has 2 nitrogen and oxygen atoms in total. The number of fused-ring (bicyclic) bond motifs is 5. The minimum Gasteiger partial charge on any atom is -0.338 e. The van der Waals surface area contributed by atoms with Gasteiger partial charge in [-0.15, -0.1) is 11.3 Å². The van der Waals surface area contributed by atoms with Gasteiger partial charge in [0.25, 0.3) is 0 Å². The predicted molar refractivity (Wildman–Crippen MR) is 125 cm³/mol. The molecule has 2 unspecified atom stereocenters. The lowest BCUT2D eigenvalue weighted by atomic mass is 9.47. The molecule has 3 aliphatic carbocycles. The summed E-state index contributed by atoms with van der Waals surface area (Å²) in [6, 6.07) is 4.89. The van der Waals surface area contributed by atoms with E-state index in [0.717, 1.165) is 23.7 Å². The van der Waals surface area contributed by atoms with Crippen LogP contribution in [-0.4, -0.2) is 23.9 Å². The number of carbonyl (C=O) groups excluding carboxylic acids is 1. The number of unbranched alkanes of at least 4 members (excludes halogenated alkanes) is 1. The Morgan fingerprint density at radius 3 is 2.77 bits per heavy atom. The fourth-order valence-electron chi connectivity index (χ4n) is 8.47. The van der Waals surface area contributed by atoms with Crippen molar-refractivity contribution < 1.29 is 4.79 Å². The number of carbonyl (C=O) groups is 1. The molecule has 164 valence electrons. The summed E-state index contributed by atoms with van der Waals surface area (Å²) in [4.78, 5) is 15.9. The first-order valence-electron chi connectivity index (χ1n) is 12.4. The van der Waals surface area contributed by atoms with Gasteiger partial charge in [-0.2, -0.15) is 0 Å². The third kappa shape index (κ3) is 3.22. The zero-order chi connectivity index (χ0) is 20.9. The molecule has 30 heavy (non-hydrogen) atoms. The summed E-state index contributed by atoms with van der Waals surface area (Å²) in [6.45, 7) is 5.12. The number of rotatable bonds is 5. The molecule has 3 saturated carbocycles. The maximum atomic E-state index is 12.3. The van der Waals surface area contributed by atoms with Gasteiger partial charge in [-0.3, -0.25) is 4.79 Å². The largest absolute Gasteiger partial charge is 0.338 e. The first-order chi connectivity index (χ1) is 14.4. The number of likely N-dealkylation sites (N-methyl/N-ethyl adjacent to an activating group) is 1. The highest BCUT2D eigenvalue weighted by Crippen LogP contribution is 2.66. The first kappa shape index (κ1) is 20.8. The van der Waals surface area contributed by atoms with Gasteiger partial charge in [-0.05, 0) is 104 Å². The van der Waals surface area contributed by atoms with E-state index in [2.05, 4.69) is 42.3 Å². The van der Waals surface area contributed by atoms with Crippen molar-refractivity contribution in [1.29, 1.82) is 0 Å². The van der Waals surface area contributed by atoms with E-state index >= 15 is 0 Å². The van der Waals surface area contributed by atoms with E-state index in [1.165, 1.54) is 64.2 Å². The number of thiophene rings is 1. The van der Waals surface area contributed by atoms with Crippen molar-refractivity contribution in [2.75, 3.05) is 7.05 Å². The highest BCUT2D eigenvalue weighted by Gasteiger charge is 2.60. The molecule has 0 bridgehead atoms. The second-order valence-electron chi connectivity index (χ2n) is 11.3. The lowest BCUT2D eigenvalue weighted by Crippen LogP contribution is -2.59. The Balaban J connectivity index is 1.26. The Morgan fingerprint density at radius 2 is 1.97 bits per heavy atom. The summed E-state index contributed by atoms with van der Waals surface area (Å²) in [7, 11) is 2.03. The maximum Gasteiger partial charge on any atom is 0.246 e. The lowest BCUT2D eigenvalue weighted by Gasteiger charge is -2.60. The van der Waals surface area contributed by atoms with Gasteiger partial charge in [0.15, 0.2) is 0 Å². The minimum atomic E-state index is 0.186. The quantitative estimate of drug-likeness (QED) is 0.480. The van der Waals surface area contributed by atoms with E-state index in [9.17, 15) is 4.79 Å². The van der Waals surface area contributed by atoms with Crippen molar-refractivity contribution in [2.45, 2.75) is 84.1 Å². The van der Waals surface area contributed by atoms with Crippen LogP contribution in [0.2, 0.25) is 0 Å². The Kier molecular flexibility index (Phi) is 5.40. The Hall–Kier alpha value is -1.09. The molecule has 1 aliphatic heterocycles. The van der Waals surface area contributed by atoms with E-state index in [4.69, 9.17) is 0 Å². The van der Waals surface area contributed by atoms with Gasteiger partial charge in [0.2, 0.25) is 5.91 Å². The number of amides is 1. The van der Waals surface area contributed by atoms with Gasteiger partial charge in [0.1, 0.15) is 0 Å². The van der Waals surface area contributed by atoms with Gasteiger partial charge < -0.3 is 4.90 Å². The Morgan fingerprint density at radius 1 is 1.10 bits per heavy atom. The Bertz CT molecular complexity index is 800. The maximum absolute atomic E-state index is 12.3. The van der Waals surface area contributed by atoms with Gasteiger partial charge in [-0.1, -0.05) is 32.4 Å². The van der Waals surface area contributed by atoms with Crippen molar-refractivity contribution in [1.82, 2.24) is 4.90 Å². The molecule has 0 N–H and O–H groups in total. The first-order valence-corrected chi connectivity index (χ1v) is 13.3. The summed E-state index contributed by atoms with van der Waals surface area (Å²) < 4.78 is 0. The standard InChI is InChI=1S/C27H39NOS/c1-26-16-14-23-21(11-13-24-27(23,2)17-15-25(29)28(24)3)22(26)12-10-19(26)7-4-5-8-20-9-6-18-30-20/h6,9,15,17-19,21-24H,4-5,7-8,10-14,16H2,1-3H3/t19?,21-,22-,23+,24?,26+,27+/m0/s1. The molecule has 7 atom stereocenters. The van der Waals surface area contributed by atoms with Crippen molar-refractivity contribution in [3.05, 3.63) is 34.5 Å². The molecule has 1 aromatic heterocycles. The molecule has 0 aromatic carbocycles. The van der Waals surface area contributed by atoms with E-state index in [-0.39, 0.29) is 11.3 Å². The molecule has 3 heteroatoms. The molecule has 4 aliphatic rings. The molecular formula is C27H39NOS. The molecule has 0 radical (unpaired) electrons. The predicted octanol–water partition coefficient (Wildman–Crippen LogP) is 6.72. The number of hydrogen-bond donors (Lipinski definition) is 0. The second-order valence-corrected chi connectivity index (χ2v) is 12.3. The van der Waals surface area contributed by atoms with Crippen LogP contribution in [0.4, 0.5) is 0 Å². The van der Waals surface area contributed by atoms with Crippen LogP contribution in [0.15, 0.2) is 29.7 Å². The molecular weight excluding hydrogens is 386 g/mol. The van der Waals surface area contributed by atoms with E-state index in [0.29, 0.717) is 11.5 Å². The number of hydrogen-bond acceptors (Lipinski definition) is 2. The van der Waals surface area contributed by atoms with E-state index in [1.807, 2.05) is 24.5 Å². The summed E-state index contributed by atoms with van der Waals surface area (Å²) in [5, 5.41) is 2.21. The molecule has 2 heterocycles. The zero-order valence-electron chi connectivity index (χ0n) is 19.1. The number of nitrogens with zero attached hydrogens (tertiary/aromatic N) is 1. The zero-order valence-corrected chi connectivity index (χ0v) is 19.9. The average Bonchev–Trinajstić information content (AvgIpc) is 3.36. The van der Waals surface area contributed by atoms with Crippen LogP contribution in [0.1, 0.15) is 76.5 Å². The molecule has 1 amide bonds. The monoisotopic (exact) mass is 425 g/mol. The average molecular weight is 426 g/mol. The van der Waals surface area contributed by atoms with Crippen LogP contribution in [0.25, 0.3) is 0 Å². The van der Waals surface area contributed by atoms with Crippen LogP contribution in [0, 0.1) is 34.5 Å². The van der Waals surface area contributed by atoms with Crippen molar-refractivity contribution in [2.24, 2.45) is 34.5 Å². The number of aryl methyl sites for hydroxylation is 1. The summed E-state index contributed by atoms with van der Waals surface area (Å²) in [5.41, 5.74) is 0.749. The van der Waals surface area contributed by atoms with Crippen LogP contribution in [0.3, 0.4) is 0 Å². The van der Waals surface area contributed by atoms with Gasteiger partial charge in [0.05, 0.1) is 0 Å². The van der Waals surface area contributed by atoms with Crippen molar-refractivity contribution in [3.63, 3.8) is 0 Å². The summed E-state index contributed by atoms with van der Waals surface area (Å²) >= 11 is 1.91. The highest BCUT2D eigenvalue weighted by atomic mass is 32.1. The molecule has 5 rings (SSSR count). The van der Waals surface area contributed by atoms with Gasteiger partial charge >= 0.3 is 0 Å². The van der Waals surface area contributed by atoms with E-state index < -0.39 is 0 Å². The van der Waals surface area contributed by atoms with Crippen LogP contribution in [-0.2, 0) is 11.2 Å². The third-order valence-corrected chi connectivity index (χ3v) is 11.1. The van der Waals surface area contributed by atoms with E-state index in [1.54, 1.807) is 4.88 Å². The molecule has 1 aromatic rings. The minimum absolute atomic E-state index is 0.186. The van der Waals surface area contributed by atoms with Gasteiger partial charge in [-0.25, -0.2) is 0 Å². The fraction of sp³-hybridized carbons (Fsp3) is 0.741. The summed E-state index contributed by atoms with van der Waals surface area (Å²) in [5.74, 6) is 3.68. The lowest BCUT2D eigenvalue weighted by molar-refractivity contribution is -0.138. The van der Waals surface area contributed by atoms with Crippen LogP contribution < -0.4 is 0 Å². The third-order valence-electron chi connectivity index (χ3n) is 10.1. The second kappa shape index (κ2) is 7.80. The van der Waals surface area contributed by atoms with Crippen LogP contribution in [0.5, 0.6) is 0 Å². The van der Waals surface area contributed by atoms with Gasteiger partial charge in [0, 0.05) is 23.4 Å². The highest BCUT2D eigenvalue weighted by molar-refractivity contribution is 7.09. The SMILES string of the molecule is CN1C(=O)C=C[C@@]2(C)C1CC[C@@H]1[C@H]2CC[C@]2(C)C(CCCCc3cccs3)CC[C@@H]12. The van der Waals surface area contributed by atoms with Crippen LogP contribution >= 0.6 is 11.3 Å². The van der Waals surface area contributed by atoms with Crippen molar-refractivity contribution in [3.8, 4) is 0 Å². The summed E-state index contributed by atoms with van der Waals surface area (Å²) in [6.07, 6.45) is 17.9. The molecule has 0 spiro atoms. The fourth-order valence-corrected chi connectivity index (χ4v) is 9.22. The molecule has 0 saturated heterocycles. The topological polar surface area (TPSA) is 20.3 Å². The smallest absolute Gasteiger partial charge is 0.246 e.